The topological polar surface area (TPSA) is 43.8 Å². The predicted molar refractivity (Wildman–Crippen MR) is 105 cm³/mol. The summed E-state index contributed by atoms with van der Waals surface area (Å²) in [5.74, 6) is 0. The zero-order chi connectivity index (χ0) is 16.0. The van der Waals surface area contributed by atoms with Gasteiger partial charge in [0.05, 0.1) is 5.52 Å². The summed E-state index contributed by atoms with van der Waals surface area (Å²) < 4.78 is 2.44. The maximum Gasteiger partial charge on any atom is 0.0530 e. The molecule has 0 aliphatic heterocycles. The third-order valence-corrected chi connectivity index (χ3v) is 4.92. The summed E-state index contributed by atoms with van der Waals surface area (Å²) in [5.41, 5.74) is 11.1. The number of para-hydroxylation sites is 1. The smallest absolute Gasteiger partial charge is 0.0530 e. The van der Waals surface area contributed by atoms with Gasteiger partial charge in [0.1, 0.15) is 0 Å². The molecule has 0 fully saturated rings. The van der Waals surface area contributed by atoms with E-state index in [-0.39, 0.29) is 12.4 Å². The first-order valence-corrected chi connectivity index (χ1v) is 8.18. The molecular weight excluding hydrogens is 318 g/mol. The van der Waals surface area contributed by atoms with E-state index in [9.17, 15) is 0 Å². The van der Waals surface area contributed by atoms with E-state index < -0.39 is 0 Å². The number of aryl methyl sites for hydroxylation is 3. The Labute approximate surface area is 147 Å². The molecule has 4 heteroatoms. The summed E-state index contributed by atoms with van der Waals surface area (Å²) in [7, 11) is 0. The van der Waals surface area contributed by atoms with Gasteiger partial charge in [-0.3, -0.25) is 4.98 Å². The number of nitrogens with zero attached hydrogens (tertiary/aromatic N) is 2. The van der Waals surface area contributed by atoms with Gasteiger partial charge < -0.3 is 10.3 Å². The van der Waals surface area contributed by atoms with E-state index >= 15 is 0 Å². The first-order chi connectivity index (χ1) is 11.2. The zero-order valence-electron chi connectivity index (χ0n) is 14.0. The van der Waals surface area contributed by atoms with Crippen molar-refractivity contribution in [3.8, 4) is 0 Å². The average Bonchev–Trinajstić information content (AvgIpc) is 2.93. The second-order valence-electron chi connectivity index (χ2n) is 6.21. The van der Waals surface area contributed by atoms with Crippen molar-refractivity contribution < 1.29 is 0 Å². The Bertz CT molecular complexity index is 1030. The van der Waals surface area contributed by atoms with Crippen LogP contribution in [0.3, 0.4) is 0 Å². The van der Waals surface area contributed by atoms with Gasteiger partial charge in [-0.2, -0.15) is 0 Å². The zero-order valence-corrected chi connectivity index (χ0v) is 14.9. The highest BCUT2D eigenvalue weighted by Crippen LogP contribution is 2.38. The molecule has 0 aliphatic rings. The van der Waals surface area contributed by atoms with Crippen LogP contribution in [0.5, 0.6) is 0 Å². The number of fused-ring (bicyclic) bond motifs is 4. The maximum absolute atomic E-state index is 5.77. The molecule has 0 atom stereocenters. The van der Waals surface area contributed by atoms with Gasteiger partial charge in [0, 0.05) is 40.6 Å². The molecule has 24 heavy (non-hydrogen) atoms. The molecule has 0 saturated carbocycles. The van der Waals surface area contributed by atoms with Crippen molar-refractivity contribution in [1.82, 2.24) is 9.55 Å². The molecular formula is C20H22ClN3. The van der Waals surface area contributed by atoms with Crippen LogP contribution in [0.15, 0.2) is 42.7 Å². The molecule has 2 aromatic carbocycles. The van der Waals surface area contributed by atoms with Gasteiger partial charge in [0.2, 0.25) is 0 Å². The summed E-state index contributed by atoms with van der Waals surface area (Å²) in [4.78, 5) is 4.33. The largest absolute Gasteiger partial charge is 0.340 e. The highest BCUT2D eigenvalue weighted by Gasteiger charge is 2.17. The highest BCUT2D eigenvalue weighted by molar-refractivity contribution is 6.16. The Hall–Kier alpha value is -2.10. The fraction of sp³-hybridized carbons (Fsp3) is 0.250. The lowest BCUT2D eigenvalue weighted by atomic mass is 9.97. The third-order valence-electron chi connectivity index (χ3n) is 4.92. The normalized spacial score (nSPS) is 11.3. The minimum absolute atomic E-state index is 0. The Morgan fingerprint density at radius 2 is 1.79 bits per heavy atom. The second-order valence-corrected chi connectivity index (χ2v) is 6.21. The quantitative estimate of drug-likeness (QED) is 0.586. The summed E-state index contributed by atoms with van der Waals surface area (Å²) in [6, 6.07) is 10.8. The fourth-order valence-electron chi connectivity index (χ4n) is 3.84. The van der Waals surface area contributed by atoms with Gasteiger partial charge >= 0.3 is 0 Å². The maximum atomic E-state index is 5.77. The lowest BCUT2D eigenvalue weighted by Gasteiger charge is -2.12. The number of halogens is 1. The van der Waals surface area contributed by atoms with E-state index in [0.717, 1.165) is 13.0 Å². The number of aromatic nitrogens is 2. The monoisotopic (exact) mass is 339 g/mol. The molecule has 2 N–H and O–H groups in total. The Morgan fingerprint density at radius 3 is 2.58 bits per heavy atom. The van der Waals surface area contributed by atoms with E-state index in [0.29, 0.717) is 6.54 Å². The van der Waals surface area contributed by atoms with E-state index in [1.807, 2.05) is 12.4 Å². The van der Waals surface area contributed by atoms with Gasteiger partial charge in [-0.05, 0) is 55.5 Å². The van der Waals surface area contributed by atoms with Crippen LogP contribution in [-0.4, -0.2) is 16.1 Å². The van der Waals surface area contributed by atoms with Crippen LogP contribution in [0.25, 0.3) is 32.6 Å². The molecule has 0 radical (unpaired) electrons. The molecule has 2 aromatic heterocycles. The van der Waals surface area contributed by atoms with Crippen LogP contribution < -0.4 is 5.73 Å². The van der Waals surface area contributed by atoms with Gasteiger partial charge in [-0.15, -0.1) is 12.4 Å². The van der Waals surface area contributed by atoms with Gasteiger partial charge in [0.25, 0.3) is 0 Å². The van der Waals surface area contributed by atoms with Crippen molar-refractivity contribution in [3.63, 3.8) is 0 Å². The Kier molecular flexibility index (Phi) is 4.48. The molecule has 0 spiro atoms. The van der Waals surface area contributed by atoms with Crippen LogP contribution in [0, 0.1) is 13.8 Å². The number of hydrogen-bond acceptors (Lipinski definition) is 2. The number of nitrogens with two attached hydrogens (primary N) is 1. The van der Waals surface area contributed by atoms with E-state index in [2.05, 4.69) is 53.7 Å². The lowest BCUT2D eigenvalue weighted by Crippen LogP contribution is -2.06. The number of pyridine rings is 1. The SMILES string of the molecule is Cc1c2cnccc2c(C)c2c1c1ccccc1n2CCCN.Cl. The third kappa shape index (κ3) is 2.27. The van der Waals surface area contributed by atoms with Crippen molar-refractivity contribution in [1.29, 1.82) is 0 Å². The Morgan fingerprint density at radius 1 is 1.00 bits per heavy atom. The van der Waals surface area contributed by atoms with E-state index in [1.165, 1.54) is 43.7 Å². The number of rotatable bonds is 3. The lowest BCUT2D eigenvalue weighted by molar-refractivity contribution is 0.686. The predicted octanol–water partition coefficient (Wildman–Crippen LogP) is 4.73. The van der Waals surface area contributed by atoms with Gasteiger partial charge in [-0.1, -0.05) is 18.2 Å². The molecule has 0 bridgehead atoms. The fourth-order valence-corrected chi connectivity index (χ4v) is 3.84. The van der Waals surface area contributed by atoms with Gasteiger partial charge in [-0.25, -0.2) is 0 Å². The summed E-state index contributed by atoms with van der Waals surface area (Å²) in [5, 5.41) is 5.22. The highest BCUT2D eigenvalue weighted by atomic mass is 35.5. The van der Waals surface area contributed by atoms with Crippen molar-refractivity contribution in [2.45, 2.75) is 26.8 Å². The second kappa shape index (κ2) is 6.42. The minimum Gasteiger partial charge on any atom is -0.340 e. The molecule has 124 valence electrons. The van der Waals surface area contributed by atoms with Crippen LogP contribution >= 0.6 is 12.4 Å². The standard InChI is InChI=1S/C20H21N3.ClH/c1-13-17-12-22-10-8-15(17)14(2)20-19(13)16-6-3-4-7-18(16)23(20)11-5-9-21;/h3-4,6-8,10,12H,5,9,11,21H2,1-2H3;1H. The summed E-state index contributed by atoms with van der Waals surface area (Å²) in [6.45, 7) is 6.11. The average molecular weight is 340 g/mol. The minimum atomic E-state index is 0. The van der Waals surface area contributed by atoms with E-state index in [4.69, 9.17) is 5.73 Å². The summed E-state index contributed by atoms with van der Waals surface area (Å²) in [6.07, 6.45) is 4.86. The van der Waals surface area contributed by atoms with Crippen LogP contribution in [0.2, 0.25) is 0 Å². The molecule has 0 saturated heterocycles. The van der Waals surface area contributed by atoms with E-state index in [1.54, 1.807) is 0 Å². The first kappa shape index (κ1) is 16.7. The first-order valence-electron chi connectivity index (χ1n) is 8.18. The molecule has 4 rings (SSSR count). The molecule has 0 aliphatic carbocycles. The molecule has 3 nitrogen and oxygen atoms in total. The van der Waals surface area contributed by atoms with Crippen LogP contribution in [0.1, 0.15) is 17.5 Å². The molecule has 4 aromatic rings. The summed E-state index contributed by atoms with van der Waals surface area (Å²) >= 11 is 0. The van der Waals surface area contributed by atoms with Crippen LogP contribution in [0.4, 0.5) is 0 Å². The number of hydrogen-bond donors (Lipinski definition) is 1. The van der Waals surface area contributed by atoms with Gasteiger partial charge in [0.15, 0.2) is 0 Å². The molecule has 0 amide bonds. The molecule has 2 heterocycles. The van der Waals surface area contributed by atoms with Crippen molar-refractivity contribution in [2.75, 3.05) is 6.54 Å². The van der Waals surface area contributed by atoms with Crippen molar-refractivity contribution >= 4 is 45.0 Å². The van der Waals surface area contributed by atoms with Crippen LogP contribution in [-0.2, 0) is 6.54 Å². The number of benzene rings is 2. The molecule has 0 unspecified atom stereocenters. The van der Waals surface area contributed by atoms with Crippen molar-refractivity contribution in [3.05, 3.63) is 53.9 Å². The Balaban J connectivity index is 0.00000169. The van der Waals surface area contributed by atoms with Crippen molar-refractivity contribution in [2.24, 2.45) is 5.73 Å².